The topological polar surface area (TPSA) is 95.1 Å². The fourth-order valence-corrected chi connectivity index (χ4v) is 3.44. The van der Waals surface area contributed by atoms with Gasteiger partial charge in [-0.15, -0.1) is 0 Å². The summed E-state index contributed by atoms with van der Waals surface area (Å²) in [5, 5.41) is 9.32. The second kappa shape index (κ2) is 11.7. The number of anilines is 1. The third-order valence-corrected chi connectivity index (χ3v) is 5.12. The van der Waals surface area contributed by atoms with Crippen molar-refractivity contribution in [2.75, 3.05) is 38.2 Å². The van der Waals surface area contributed by atoms with E-state index in [9.17, 15) is 9.59 Å². The van der Waals surface area contributed by atoms with Crippen molar-refractivity contribution in [3.8, 4) is 5.75 Å². The lowest BCUT2D eigenvalue weighted by atomic mass is 10.2. The molecule has 170 valence electrons. The Morgan fingerprint density at radius 2 is 1.88 bits per heavy atom. The second-order valence-corrected chi connectivity index (χ2v) is 7.43. The first-order valence-electron chi connectivity index (χ1n) is 10.9. The summed E-state index contributed by atoms with van der Waals surface area (Å²) in [7, 11) is 1.57. The van der Waals surface area contributed by atoms with E-state index < -0.39 is 0 Å². The van der Waals surface area contributed by atoms with Gasteiger partial charge in [-0.25, -0.2) is 4.99 Å². The number of carbonyl (C=O) groups is 2. The number of benzene rings is 2. The van der Waals surface area contributed by atoms with E-state index in [0.717, 1.165) is 30.8 Å². The number of rotatable bonds is 9. The van der Waals surface area contributed by atoms with Crippen LogP contribution < -0.4 is 25.6 Å². The molecule has 3 N–H and O–H groups in total. The van der Waals surface area contributed by atoms with E-state index in [1.165, 1.54) is 0 Å². The van der Waals surface area contributed by atoms with Crippen LogP contribution in [0.15, 0.2) is 53.5 Å². The minimum absolute atomic E-state index is 0.149. The van der Waals surface area contributed by atoms with Gasteiger partial charge in [0, 0.05) is 43.9 Å². The molecule has 1 saturated heterocycles. The molecule has 0 aliphatic carbocycles. The van der Waals surface area contributed by atoms with Crippen molar-refractivity contribution in [1.82, 2.24) is 16.0 Å². The van der Waals surface area contributed by atoms with Crippen LogP contribution in [0.2, 0.25) is 0 Å². The van der Waals surface area contributed by atoms with E-state index in [1.807, 2.05) is 36.1 Å². The minimum Gasteiger partial charge on any atom is -0.497 e. The molecule has 1 fully saturated rings. The van der Waals surface area contributed by atoms with Gasteiger partial charge in [-0.05, 0) is 49.2 Å². The van der Waals surface area contributed by atoms with Crippen molar-refractivity contribution in [2.45, 2.75) is 26.3 Å². The van der Waals surface area contributed by atoms with Crippen molar-refractivity contribution < 1.29 is 14.3 Å². The first-order valence-corrected chi connectivity index (χ1v) is 10.9. The molecule has 0 saturated carbocycles. The van der Waals surface area contributed by atoms with Crippen LogP contribution in [0.3, 0.4) is 0 Å². The van der Waals surface area contributed by atoms with E-state index in [1.54, 1.807) is 31.4 Å². The molecule has 3 rings (SSSR count). The summed E-state index contributed by atoms with van der Waals surface area (Å²) in [5.74, 6) is 1.37. The van der Waals surface area contributed by atoms with E-state index in [4.69, 9.17) is 4.74 Å². The molecule has 1 heterocycles. The fourth-order valence-electron chi connectivity index (χ4n) is 3.44. The number of methoxy groups -OCH3 is 1. The Hall–Kier alpha value is -3.55. The van der Waals surface area contributed by atoms with Crippen LogP contribution in [0.4, 0.5) is 5.69 Å². The average Bonchev–Trinajstić information content (AvgIpc) is 3.26. The zero-order valence-electron chi connectivity index (χ0n) is 18.7. The monoisotopic (exact) mass is 437 g/mol. The van der Waals surface area contributed by atoms with Crippen LogP contribution in [0.5, 0.6) is 5.75 Å². The summed E-state index contributed by atoms with van der Waals surface area (Å²) in [4.78, 5) is 30.6. The zero-order valence-corrected chi connectivity index (χ0v) is 18.7. The van der Waals surface area contributed by atoms with Crippen molar-refractivity contribution in [2.24, 2.45) is 4.99 Å². The number of hydrogen-bond acceptors (Lipinski definition) is 4. The minimum atomic E-state index is -0.149. The highest BCUT2D eigenvalue weighted by atomic mass is 16.5. The van der Waals surface area contributed by atoms with Crippen LogP contribution in [0, 0.1) is 0 Å². The molecule has 8 nitrogen and oxygen atoms in total. The normalized spacial score (nSPS) is 13.8. The molecule has 2 aromatic carbocycles. The quantitative estimate of drug-likeness (QED) is 0.318. The molecule has 0 bridgehead atoms. The van der Waals surface area contributed by atoms with Gasteiger partial charge in [0.05, 0.1) is 13.7 Å². The fraction of sp³-hybridized carbons (Fsp3) is 0.375. The zero-order chi connectivity index (χ0) is 22.8. The van der Waals surface area contributed by atoms with Crippen LogP contribution in [0.25, 0.3) is 0 Å². The highest BCUT2D eigenvalue weighted by molar-refractivity contribution is 5.95. The lowest BCUT2D eigenvalue weighted by Gasteiger charge is -2.16. The number of nitrogens with zero attached hydrogens (tertiary/aromatic N) is 2. The predicted molar refractivity (Wildman–Crippen MR) is 126 cm³/mol. The molecule has 32 heavy (non-hydrogen) atoms. The molecule has 1 aliphatic heterocycles. The van der Waals surface area contributed by atoms with Crippen LogP contribution >= 0.6 is 0 Å². The highest BCUT2D eigenvalue weighted by Crippen LogP contribution is 2.21. The highest BCUT2D eigenvalue weighted by Gasteiger charge is 2.21. The Morgan fingerprint density at radius 3 is 2.56 bits per heavy atom. The van der Waals surface area contributed by atoms with E-state index in [-0.39, 0.29) is 11.8 Å². The van der Waals surface area contributed by atoms with Gasteiger partial charge in [0.15, 0.2) is 5.96 Å². The number of carbonyl (C=O) groups excluding carboxylic acids is 2. The van der Waals surface area contributed by atoms with Crippen molar-refractivity contribution in [3.05, 3.63) is 59.7 Å². The summed E-state index contributed by atoms with van der Waals surface area (Å²) in [5.41, 5.74) is 2.56. The van der Waals surface area contributed by atoms with Gasteiger partial charge in [0.2, 0.25) is 5.91 Å². The Bertz CT molecular complexity index is 943. The number of nitrogens with one attached hydrogen (secondary N) is 3. The maximum absolute atomic E-state index is 12.3. The van der Waals surface area contributed by atoms with Gasteiger partial charge in [-0.2, -0.15) is 0 Å². The van der Waals surface area contributed by atoms with Gasteiger partial charge in [0.25, 0.3) is 5.91 Å². The molecule has 2 aromatic rings. The van der Waals surface area contributed by atoms with Crippen molar-refractivity contribution in [3.63, 3.8) is 0 Å². The van der Waals surface area contributed by atoms with Crippen LogP contribution in [0.1, 0.15) is 35.7 Å². The molecule has 0 atom stereocenters. The molecule has 1 aliphatic rings. The number of amides is 2. The standard InChI is InChI=1S/C24H31N5O3/c1-3-25-24(27-14-13-26-23(31)19-6-4-7-21(16-19)32-2)28-17-18-9-11-20(12-10-18)29-15-5-8-22(29)30/h4,6-7,9-12,16H,3,5,8,13-15,17H2,1-2H3,(H,26,31)(H2,25,27,28). The number of hydrogen-bond donors (Lipinski definition) is 3. The van der Waals surface area contributed by atoms with Gasteiger partial charge in [0.1, 0.15) is 5.75 Å². The number of guanidine groups is 1. The van der Waals surface area contributed by atoms with Crippen molar-refractivity contribution >= 4 is 23.5 Å². The molecule has 8 heteroatoms. The van der Waals surface area contributed by atoms with Gasteiger partial charge < -0.3 is 25.6 Å². The maximum atomic E-state index is 12.3. The van der Waals surface area contributed by atoms with Gasteiger partial charge in [-0.3, -0.25) is 9.59 Å². The Balaban J connectivity index is 1.47. The summed E-state index contributed by atoms with van der Waals surface area (Å²) in [6.45, 7) is 5.04. The van der Waals surface area contributed by atoms with Crippen LogP contribution in [-0.4, -0.2) is 51.1 Å². The molecular weight excluding hydrogens is 406 g/mol. The molecule has 0 aromatic heterocycles. The molecule has 0 radical (unpaired) electrons. The van der Waals surface area contributed by atoms with Crippen molar-refractivity contribution in [1.29, 1.82) is 0 Å². The van der Waals surface area contributed by atoms with E-state index >= 15 is 0 Å². The lowest BCUT2D eigenvalue weighted by molar-refractivity contribution is -0.117. The molecule has 0 spiro atoms. The first-order chi connectivity index (χ1) is 15.6. The SMILES string of the molecule is CCNC(=NCc1ccc(N2CCCC2=O)cc1)NCCNC(=O)c1cccc(OC)c1. The lowest BCUT2D eigenvalue weighted by Crippen LogP contribution is -2.41. The largest absolute Gasteiger partial charge is 0.497 e. The second-order valence-electron chi connectivity index (χ2n) is 7.43. The summed E-state index contributed by atoms with van der Waals surface area (Å²) in [6.07, 6.45) is 1.55. The average molecular weight is 438 g/mol. The smallest absolute Gasteiger partial charge is 0.251 e. The summed E-state index contributed by atoms with van der Waals surface area (Å²) in [6, 6.07) is 15.0. The summed E-state index contributed by atoms with van der Waals surface area (Å²) < 4.78 is 5.16. The first kappa shape index (κ1) is 23.1. The summed E-state index contributed by atoms with van der Waals surface area (Å²) >= 11 is 0. The molecule has 2 amide bonds. The van der Waals surface area contributed by atoms with E-state index in [0.29, 0.717) is 43.3 Å². The number of ether oxygens (including phenoxy) is 1. The Morgan fingerprint density at radius 1 is 1.09 bits per heavy atom. The van der Waals surface area contributed by atoms with Crippen LogP contribution in [-0.2, 0) is 11.3 Å². The van der Waals surface area contributed by atoms with Gasteiger partial charge in [-0.1, -0.05) is 18.2 Å². The Kier molecular flexibility index (Phi) is 8.48. The van der Waals surface area contributed by atoms with E-state index in [2.05, 4.69) is 20.9 Å². The molecule has 0 unspecified atom stereocenters. The predicted octanol–water partition coefficient (Wildman–Crippen LogP) is 2.31. The third-order valence-electron chi connectivity index (χ3n) is 5.12. The number of aliphatic imine (C=N–C) groups is 1. The third kappa shape index (κ3) is 6.47. The maximum Gasteiger partial charge on any atom is 0.251 e. The molecular formula is C24H31N5O3. The Labute approximate surface area is 189 Å². The van der Waals surface area contributed by atoms with Gasteiger partial charge >= 0.3 is 0 Å².